The average molecular weight is 527 g/mol. The molecule has 0 unspecified atom stereocenters. The van der Waals surface area contributed by atoms with Crippen molar-refractivity contribution >= 4 is 55.1 Å². The van der Waals surface area contributed by atoms with Crippen LogP contribution >= 0.6 is 22.9 Å². The van der Waals surface area contributed by atoms with E-state index in [0.29, 0.717) is 45.9 Å². The molecule has 6 nitrogen and oxygen atoms in total. The monoisotopic (exact) mass is 526 g/mol. The number of carbonyl (C=O) groups excluding carboxylic acids is 2. The number of rotatable bonds is 8. The Hall–Kier alpha value is -3.07. The van der Waals surface area contributed by atoms with Crippen LogP contribution in [0.5, 0.6) is 11.5 Å². The number of likely N-dealkylation sites (tertiary alicyclic amines) is 1. The maximum atomic E-state index is 15.3. The molecule has 36 heavy (non-hydrogen) atoms. The summed E-state index contributed by atoms with van der Waals surface area (Å²) in [6.07, 6.45) is 4.54. The molecule has 1 atom stereocenters. The lowest BCUT2D eigenvalue weighted by molar-refractivity contribution is 0.0523. The minimum Gasteiger partial charge on any atom is -0.453 e. The minimum absolute atomic E-state index is 0.00191. The number of hydrogen-bond acceptors (Lipinski definition) is 6. The first-order valence-corrected chi connectivity index (χ1v) is 13.0. The van der Waals surface area contributed by atoms with Gasteiger partial charge >= 0.3 is 0 Å². The Morgan fingerprint density at radius 1 is 1.19 bits per heavy atom. The molecule has 2 aromatic heterocycles. The first kappa shape index (κ1) is 24.6. The minimum atomic E-state index is -0.655. The van der Waals surface area contributed by atoms with Crippen molar-refractivity contribution in [2.45, 2.75) is 32.3 Å². The lowest BCUT2D eigenvalue weighted by Gasteiger charge is -2.15. The summed E-state index contributed by atoms with van der Waals surface area (Å²) in [5.41, 5.74) is 0.833. The Morgan fingerprint density at radius 3 is 2.86 bits per heavy atom. The number of amides is 1. The van der Waals surface area contributed by atoms with Gasteiger partial charge in [0, 0.05) is 42.9 Å². The van der Waals surface area contributed by atoms with Gasteiger partial charge in [-0.25, -0.2) is 4.39 Å². The Labute approximate surface area is 216 Å². The van der Waals surface area contributed by atoms with Gasteiger partial charge in [-0.15, -0.1) is 11.3 Å². The summed E-state index contributed by atoms with van der Waals surface area (Å²) in [4.78, 5) is 31.6. The van der Waals surface area contributed by atoms with Gasteiger partial charge in [-0.1, -0.05) is 25.5 Å². The van der Waals surface area contributed by atoms with E-state index in [9.17, 15) is 9.59 Å². The molecule has 0 aliphatic carbocycles. The van der Waals surface area contributed by atoms with E-state index >= 15 is 4.39 Å². The molecule has 4 aromatic rings. The highest BCUT2D eigenvalue weighted by Crippen LogP contribution is 2.38. The molecule has 1 amide bonds. The van der Waals surface area contributed by atoms with Crippen LogP contribution in [0.4, 0.5) is 4.39 Å². The van der Waals surface area contributed by atoms with Gasteiger partial charge < -0.3 is 14.4 Å². The number of pyridine rings is 1. The molecule has 0 saturated carbocycles. The predicted octanol–water partition coefficient (Wildman–Crippen LogP) is 6.79. The average Bonchev–Trinajstić information content (AvgIpc) is 3.53. The van der Waals surface area contributed by atoms with E-state index in [4.69, 9.17) is 21.1 Å². The molecule has 0 spiro atoms. The van der Waals surface area contributed by atoms with Crippen molar-refractivity contribution in [2.24, 2.45) is 0 Å². The van der Waals surface area contributed by atoms with Crippen LogP contribution in [0, 0.1) is 5.82 Å². The van der Waals surface area contributed by atoms with Crippen LogP contribution in [0.3, 0.4) is 0 Å². The van der Waals surface area contributed by atoms with Gasteiger partial charge in [0.15, 0.2) is 11.6 Å². The van der Waals surface area contributed by atoms with Crippen molar-refractivity contribution in [3.63, 3.8) is 0 Å². The normalized spacial score (nSPS) is 15.6. The number of nitrogens with zero attached hydrogens (tertiary/aromatic N) is 2. The van der Waals surface area contributed by atoms with Crippen LogP contribution in [-0.2, 0) is 4.74 Å². The second kappa shape index (κ2) is 10.5. The fraction of sp³-hybridized carbons (Fsp3) is 0.296. The SMILES string of the molecule is CCCCO[C@H]1CCN(C(=O)c2cc3nccc(Oc4ccc5c(C(=O)Cl)cccc5c4F)c3s2)C1. The second-order valence-corrected chi connectivity index (χ2v) is 10.1. The summed E-state index contributed by atoms with van der Waals surface area (Å²) >= 11 is 6.92. The van der Waals surface area contributed by atoms with Gasteiger partial charge in [-0.05, 0) is 54.1 Å². The number of unbranched alkanes of at least 4 members (excludes halogenated alkanes) is 1. The molecule has 1 saturated heterocycles. The molecule has 1 aliphatic rings. The number of aromatic nitrogens is 1. The lowest BCUT2D eigenvalue weighted by Crippen LogP contribution is -2.29. The zero-order valence-corrected chi connectivity index (χ0v) is 21.2. The molecular weight excluding hydrogens is 503 g/mol. The van der Waals surface area contributed by atoms with Crippen LogP contribution in [0.15, 0.2) is 48.7 Å². The standard InChI is InChI=1S/C27H24ClFN2O4S/c1-2-3-13-34-16-10-12-31(15-16)27(33)23-14-20-25(36-23)22(9-11-30-20)35-21-8-7-17-18(24(21)29)5-4-6-19(17)26(28)32/h4-9,11,14,16H,2-3,10,12-13,15H2,1H3/t16-/m0/s1. The Balaban J connectivity index is 1.39. The smallest absolute Gasteiger partial charge is 0.264 e. The van der Waals surface area contributed by atoms with Gasteiger partial charge in [-0.2, -0.15) is 0 Å². The molecule has 3 heterocycles. The fourth-order valence-corrected chi connectivity index (χ4v) is 5.57. The molecule has 2 aromatic carbocycles. The lowest BCUT2D eigenvalue weighted by atomic mass is 10.0. The van der Waals surface area contributed by atoms with Gasteiger partial charge in [0.2, 0.25) is 0 Å². The van der Waals surface area contributed by atoms with Crippen molar-refractivity contribution < 1.29 is 23.5 Å². The summed E-state index contributed by atoms with van der Waals surface area (Å²) in [6, 6.07) is 11.2. The molecule has 9 heteroatoms. The highest BCUT2D eigenvalue weighted by atomic mass is 35.5. The molecule has 0 N–H and O–H groups in total. The molecule has 5 rings (SSSR count). The van der Waals surface area contributed by atoms with Crippen LogP contribution < -0.4 is 4.74 Å². The number of benzene rings is 2. The molecule has 0 radical (unpaired) electrons. The largest absolute Gasteiger partial charge is 0.453 e. The van der Waals surface area contributed by atoms with Crippen molar-refractivity contribution in [1.29, 1.82) is 0 Å². The Kier molecular flexibility index (Phi) is 7.18. The van der Waals surface area contributed by atoms with E-state index in [1.54, 1.807) is 47.5 Å². The van der Waals surface area contributed by atoms with Crippen molar-refractivity contribution in [2.75, 3.05) is 19.7 Å². The highest BCUT2D eigenvalue weighted by molar-refractivity contribution is 7.21. The maximum absolute atomic E-state index is 15.3. The fourth-order valence-electron chi connectivity index (χ4n) is 4.37. The number of thiophene rings is 1. The van der Waals surface area contributed by atoms with Gasteiger partial charge in [0.25, 0.3) is 11.1 Å². The molecule has 1 fully saturated rings. The second-order valence-electron chi connectivity index (χ2n) is 8.67. The molecule has 186 valence electrons. The summed E-state index contributed by atoms with van der Waals surface area (Å²) < 4.78 is 27.8. The molecule has 0 bridgehead atoms. The summed E-state index contributed by atoms with van der Waals surface area (Å²) in [5.74, 6) is -0.270. The van der Waals surface area contributed by atoms with E-state index in [2.05, 4.69) is 11.9 Å². The molecule has 1 aliphatic heterocycles. The van der Waals surface area contributed by atoms with E-state index < -0.39 is 11.1 Å². The third-order valence-corrected chi connectivity index (χ3v) is 7.59. The van der Waals surface area contributed by atoms with Gasteiger partial charge in [0.05, 0.1) is 21.2 Å². The number of hydrogen-bond donors (Lipinski definition) is 0. The third-order valence-electron chi connectivity index (χ3n) is 6.26. The first-order chi connectivity index (χ1) is 17.5. The van der Waals surface area contributed by atoms with Crippen molar-refractivity contribution in [3.8, 4) is 11.5 Å². The van der Waals surface area contributed by atoms with E-state index in [1.807, 2.05) is 0 Å². The predicted molar refractivity (Wildman–Crippen MR) is 139 cm³/mol. The topological polar surface area (TPSA) is 68.7 Å². The van der Waals surface area contributed by atoms with E-state index in [-0.39, 0.29) is 28.7 Å². The highest BCUT2D eigenvalue weighted by Gasteiger charge is 2.29. The van der Waals surface area contributed by atoms with E-state index in [1.165, 1.54) is 17.4 Å². The summed E-state index contributed by atoms with van der Waals surface area (Å²) in [5, 5.41) is -0.0120. The Morgan fingerprint density at radius 2 is 2.06 bits per heavy atom. The van der Waals surface area contributed by atoms with Gasteiger partial charge in [0.1, 0.15) is 5.75 Å². The van der Waals surface area contributed by atoms with Crippen LogP contribution in [0.2, 0.25) is 0 Å². The zero-order valence-electron chi connectivity index (χ0n) is 19.6. The Bertz CT molecular complexity index is 1460. The van der Waals surface area contributed by atoms with Crippen LogP contribution in [0.25, 0.3) is 21.0 Å². The number of carbonyl (C=O) groups is 2. The van der Waals surface area contributed by atoms with Crippen LogP contribution in [0.1, 0.15) is 46.2 Å². The first-order valence-electron chi connectivity index (χ1n) is 11.8. The zero-order chi connectivity index (χ0) is 25.2. The number of ether oxygens (including phenoxy) is 2. The summed E-state index contributed by atoms with van der Waals surface area (Å²) in [6.45, 7) is 4.05. The number of halogens is 2. The van der Waals surface area contributed by atoms with Crippen molar-refractivity contribution in [3.05, 3.63) is 64.9 Å². The van der Waals surface area contributed by atoms with Crippen LogP contribution in [-0.4, -0.2) is 46.8 Å². The maximum Gasteiger partial charge on any atom is 0.264 e. The number of fused-ring (bicyclic) bond motifs is 2. The molecular formula is C27H24ClFN2O4S. The quantitative estimate of drug-likeness (QED) is 0.187. The van der Waals surface area contributed by atoms with Gasteiger partial charge in [-0.3, -0.25) is 14.6 Å². The summed E-state index contributed by atoms with van der Waals surface area (Å²) in [7, 11) is 0. The van der Waals surface area contributed by atoms with Crippen molar-refractivity contribution in [1.82, 2.24) is 9.88 Å². The van der Waals surface area contributed by atoms with E-state index in [0.717, 1.165) is 19.3 Å². The third kappa shape index (κ3) is 4.81.